The van der Waals surface area contributed by atoms with Crippen molar-refractivity contribution in [2.75, 3.05) is 6.54 Å². The van der Waals surface area contributed by atoms with Gasteiger partial charge >= 0.3 is 5.97 Å². The highest BCUT2D eigenvalue weighted by Crippen LogP contribution is 2.10. The predicted molar refractivity (Wildman–Crippen MR) is 101 cm³/mol. The third-order valence-corrected chi connectivity index (χ3v) is 4.22. The number of hydrogen-bond donors (Lipinski definition) is 6. The molecule has 0 rings (SSSR count). The summed E-state index contributed by atoms with van der Waals surface area (Å²) in [6.07, 6.45) is 0.185. The molecule has 11 nitrogen and oxygen atoms in total. The first kappa shape index (κ1) is 25.3. The smallest absolute Gasteiger partial charge is 0.326 e. The first-order chi connectivity index (χ1) is 12.9. The van der Waals surface area contributed by atoms with Crippen LogP contribution < -0.4 is 27.4 Å². The normalized spacial score (nSPS) is 15.1. The van der Waals surface area contributed by atoms with Crippen molar-refractivity contribution >= 4 is 29.6 Å². The summed E-state index contributed by atoms with van der Waals surface area (Å²) >= 11 is 0. The van der Waals surface area contributed by atoms with Crippen LogP contribution in [-0.2, 0) is 24.0 Å². The number of nitrogens with one attached hydrogen (secondary N) is 3. The Bertz CT molecular complexity index is 595. The molecule has 8 N–H and O–H groups in total. The van der Waals surface area contributed by atoms with Gasteiger partial charge in [-0.25, -0.2) is 4.79 Å². The standard InChI is InChI=1S/C17H31N5O6/c1-5-9(4)14(17(27)28)22-16(26)13(8(2)3)21-12(24)7-20-15(25)10(18)6-11(19)23/h8-10,13-14H,5-7,18H2,1-4H3,(H2,19,23)(H,20,25)(H,21,24)(H,22,26)(H,27,28). The molecular weight excluding hydrogens is 370 g/mol. The van der Waals surface area contributed by atoms with Gasteiger partial charge in [0.15, 0.2) is 0 Å². The summed E-state index contributed by atoms with van der Waals surface area (Å²) in [6, 6.07) is -3.25. The Morgan fingerprint density at radius 2 is 1.54 bits per heavy atom. The number of carboxylic acids is 1. The highest BCUT2D eigenvalue weighted by molar-refractivity contribution is 5.93. The summed E-state index contributed by atoms with van der Waals surface area (Å²) in [5, 5.41) is 16.4. The zero-order chi connectivity index (χ0) is 22.0. The lowest BCUT2D eigenvalue weighted by molar-refractivity contribution is -0.144. The second-order valence-corrected chi connectivity index (χ2v) is 6.99. The summed E-state index contributed by atoms with van der Waals surface area (Å²) in [6.45, 7) is 6.41. The molecule has 4 amide bonds. The molecule has 0 saturated carbocycles. The van der Waals surface area contributed by atoms with Gasteiger partial charge in [0.2, 0.25) is 23.6 Å². The molecule has 0 radical (unpaired) electrons. The molecule has 0 aliphatic rings. The van der Waals surface area contributed by atoms with Gasteiger partial charge in [0.25, 0.3) is 0 Å². The average Bonchev–Trinajstić information content (AvgIpc) is 2.59. The van der Waals surface area contributed by atoms with Crippen LogP contribution in [-0.4, -0.2) is 59.4 Å². The van der Waals surface area contributed by atoms with Crippen LogP contribution >= 0.6 is 0 Å². The van der Waals surface area contributed by atoms with Crippen molar-refractivity contribution in [3.8, 4) is 0 Å². The summed E-state index contributed by atoms with van der Waals surface area (Å²) in [4.78, 5) is 58.4. The van der Waals surface area contributed by atoms with Gasteiger partial charge in [-0.05, 0) is 11.8 Å². The van der Waals surface area contributed by atoms with Crippen molar-refractivity contribution in [1.82, 2.24) is 16.0 Å². The molecule has 0 aromatic carbocycles. The van der Waals surface area contributed by atoms with Crippen molar-refractivity contribution < 1.29 is 29.1 Å². The highest BCUT2D eigenvalue weighted by Gasteiger charge is 2.31. The topological polar surface area (TPSA) is 194 Å². The van der Waals surface area contributed by atoms with E-state index in [9.17, 15) is 29.1 Å². The summed E-state index contributed by atoms with van der Waals surface area (Å²) in [7, 11) is 0. The Balaban J connectivity index is 4.86. The van der Waals surface area contributed by atoms with Crippen LogP contribution in [0.1, 0.15) is 40.5 Å². The molecule has 28 heavy (non-hydrogen) atoms. The zero-order valence-electron chi connectivity index (χ0n) is 16.7. The fraction of sp³-hybridized carbons (Fsp3) is 0.706. The largest absolute Gasteiger partial charge is 0.480 e. The number of carbonyl (C=O) groups is 5. The highest BCUT2D eigenvalue weighted by atomic mass is 16.4. The maximum absolute atomic E-state index is 12.5. The van der Waals surface area contributed by atoms with Gasteiger partial charge in [0.1, 0.15) is 12.1 Å². The van der Waals surface area contributed by atoms with Crippen LogP contribution in [0, 0.1) is 11.8 Å². The number of primary amides is 1. The average molecular weight is 401 g/mol. The SMILES string of the molecule is CCC(C)C(NC(=O)C(NC(=O)CNC(=O)C(N)CC(N)=O)C(C)C)C(=O)O. The summed E-state index contributed by atoms with van der Waals surface area (Å²) in [5.74, 6) is -4.57. The number of carboxylic acid groups (broad SMARTS) is 1. The van der Waals surface area contributed by atoms with E-state index in [1.165, 1.54) is 0 Å². The second kappa shape index (κ2) is 11.9. The van der Waals surface area contributed by atoms with Crippen molar-refractivity contribution in [3.05, 3.63) is 0 Å². The van der Waals surface area contributed by atoms with E-state index >= 15 is 0 Å². The van der Waals surface area contributed by atoms with E-state index in [-0.39, 0.29) is 18.3 Å². The number of rotatable bonds is 12. The molecule has 0 aliphatic carbocycles. The van der Waals surface area contributed by atoms with Gasteiger partial charge in [-0.3, -0.25) is 19.2 Å². The van der Waals surface area contributed by atoms with Gasteiger partial charge < -0.3 is 32.5 Å². The van der Waals surface area contributed by atoms with E-state index in [2.05, 4.69) is 16.0 Å². The lowest BCUT2D eigenvalue weighted by Crippen LogP contribution is -2.56. The molecule has 0 saturated heterocycles. The summed E-state index contributed by atoms with van der Waals surface area (Å²) in [5.41, 5.74) is 10.4. The third kappa shape index (κ3) is 8.80. The lowest BCUT2D eigenvalue weighted by atomic mass is 9.97. The van der Waals surface area contributed by atoms with E-state index in [4.69, 9.17) is 11.5 Å². The summed E-state index contributed by atoms with van der Waals surface area (Å²) < 4.78 is 0. The second-order valence-electron chi connectivity index (χ2n) is 6.99. The molecule has 0 aromatic rings. The van der Waals surface area contributed by atoms with E-state index < -0.39 is 54.3 Å². The minimum Gasteiger partial charge on any atom is -0.480 e. The Morgan fingerprint density at radius 1 is 0.964 bits per heavy atom. The van der Waals surface area contributed by atoms with Crippen LogP contribution in [0.25, 0.3) is 0 Å². The van der Waals surface area contributed by atoms with Crippen LogP contribution in [0.2, 0.25) is 0 Å². The fourth-order valence-electron chi connectivity index (χ4n) is 2.29. The van der Waals surface area contributed by atoms with Crippen LogP contribution in [0.15, 0.2) is 0 Å². The number of aliphatic carboxylic acids is 1. The van der Waals surface area contributed by atoms with Crippen molar-refractivity contribution in [2.24, 2.45) is 23.3 Å². The Hall–Kier alpha value is -2.69. The van der Waals surface area contributed by atoms with E-state index in [1.807, 2.05) is 0 Å². The van der Waals surface area contributed by atoms with Gasteiger partial charge in [0, 0.05) is 0 Å². The van der Waals surface area contributed by atoms with Gasteiger partial charge in [0.05, 0.1) is 19.0 Å². The third-order valence-electron chi connectivity index (χ3n) is 4.22. The minimum absolute atomic E-state index is 0.295. The molecule has 11 heteroatoms. The number of hydrogen-bond acceptors (Lipinski definition) is 6. The van der Waals surface area contributed by atoms with E-state index in [0.29, 0.717) is 6.42 Å². The van der Waals surface area contributed by atoms with Crippen molar-refractivity contribution in [3.63, 3.8) is 0 Å². The zero-order valence-corrected chi connectivity index (χ0v) is 16.7. The van der Waals surface area contributed by atoms with Crippen LogP contribution in [0.4, 0.5) is 0 Å². The fourth-order valence-corrected chi connectivity index (χ4v) is 2.29. The number of nitrogens with two attached hydrogens (primary N) is 2. The Morgan fingerprint density at radius 3 is 1.96 bits per heavy atom. The molecule has 0 aromatic heterocycles. The molecule has 0 bridgehead atoms. The maximum Gasteiger partial charge on any atom is 0.326 e. The molecule has 0 aliphatic heterocycles. The predicted octanol–water partition coefficient (Wildman–Crippen LogP) is -1.94. The van der Waals surface area contributed by atoms with Gasteiger partial charge in [-0.2, -0.15) is 0 Å². The Labute approximate surface area is 164 Å². The molecule has 0 heterocycles. The number of carbonyl (C=O) groups excluding carboxylic acids is 4. The van der Waals surface area contributed by atoms with E-state index in [0.717, 1.165) is 0 Å². The lowest BCUT2D eigenvalue weighted by Gasteiger charge is -2.26. The minimum atomic E-state index is -1.18. The van der Waals surface area contributed by atoms with Crippen molar-refractivity contribution in [2.45, 2.75) is 58.7 Å². The molecule has 160 valence electrons. The van der Waals surface area contributed by atoms with Gasteiger partial charge in [-0.15, -0.1) is 0 Å². The molecular formula is C17H31N5O6. The van der Waals surface area contributed by atoms with Crippen LogP contribution in [0.3, 0.4) is 0 Å². The first-order valence-electron chi connectivity index (χ1n) is 9.04. The quantitative estimate of drug-likeness (QED) is 0.219. The molecule has 0 spiro atoms. The van der Waals surface area contributed by atoms with E-state index in [1.54, 1.807) is 27.7 Å². The number of amides is 4. The maximum atomic E-state index is 12.5. The molecule has 4 unspecified atom stereocenters. The molecule has 4 atom stereocenters. The van der Waals surface area contributed by atoms with Crippen LogP contribution in [0.5, 0.6) is 0 Å². The van der Waals surface area contributed by atoms with Crippen molar-refractivity contribution in [1.29, 1.82) is 0 Å². The Kier molecular flexibility index (Phi) is 10.8. The van der Waals surface area contributed by atoms with Gasteiger partial charge in [-0.1, -0.05) is 34.1 Å². The monoisotopic (exact) mass is 401 g/mol. The first-order valence-corrected chi connectivity index (χ1v) is 9.04. The molecule has 0 fully saturated rings.